The number of piperidine rings is 1. The topological polar surface area (TPSA) is 24.3 Å². The van der Waals surface area contributed by atoms with Crippen LogP contribution < -0.4 is 0 Å². The van der Waals surface area contributed by atoms with Gasteiger partial charge < -0.3 is 0 Å². The van der Waals surface area contributed by atoms with Crippen molar-refractivity contribution < 1.29 is 0 Å². The minimum atomic E-state index is 0.732. The van der Waals surface area contributed by atoms with Crippen LogP contribution in [0, 0.1) is 0 Å². The average molecular weight is 333 g/mol. The molecule has 1 atom stereocenters. The molecule has 0 spiro atoms. The minimum absolute atomic E-state index is 0.732. The van der Waals surface area contributed by atoms with Crippen LogP contribution in [0.25, 0.3) is 10.9 Å². The fourth-order valence-corrected chi connectivity index (χ4v) is 4.50. The molecule has 2 aliphatic heterocycles. The van der Waals surface area contributed by atoms with Crippen molar-refractivity contribution in [1.82, 2.24) is 19.6 Å². The number of aromatic nitrogens is 2. The maximum Gasteiger partial charge on any atom is 0.0858 e. The van der Waals surface area contributed by atoms with Gasteiger partial charge >= 0.3 is 0 Å². The Labute approximate surface area is 143 Å². The Balaban J connectivity index is 1.45. The number of likely N-dealkylation sites (tertiary alicyclic amines) is 2. The summed E-state index contributed by atoms with van der Waals surface area (Å²) in [5, 5.41) is 6.63. The van der Waals surface area contributed by atoms with Gasteiger partial charge in [0.25, 0.3) is 0 Å². The summed E-state index contributed by atoms with van der Waals surface area (Å²) < 4.78 is 1.94. The van der Waals surface area contributed by atoms with Crippen LogP contribution in [0.1, 0.15) is 31.9 Å². The first kappa shape index (κ1) is 15.4. The molecule has 3 heterocycles. The maximum atomic E-state index is 6.41. The molecule has 0 N–H and O–H groups in total. The molecule has 0 bridgehead atoms. The van der Waals surface area contributed by atoms with Crippen LogP contribution in [0.4, 0.5) is 0 Å². The van der Waals surface area contributed by atoms with Gasteiger partial charge in [-0.1, -0.05) is 24.1 Å². The Morgan fingerprint density at radius 1 is 1.26 bits per heavy atom. The first-order valence-corrected chi connectivity index (χ1v) is 9.09. The lowest BCUT2D eigenvalue weighted by molar-refractivity contribution is -0.00662. The monoisotopic (exact) mass is 332 g/mol. The SMILES string of the molecule is CC1CCCCN1C1CN(Cc2nn(C)c3cccc(Cl)c23)C1. The van der Waals surface area contributed by atoms with E-state index in [9.17, 15) is 0 Å². The van der Waals surface area contributed by atoms with Crippen LogP contribution in [0.3, 0.4) is 0 Å². The van der Waals surface area contributed by atoms with E-state index in [1.165, 1.54) is 25.8 Å². The van der Waals surface area contributed by atoms with Gasteiger partial charge in [0.05, 0.1) is 16.2 Å². The normalized spacial score (nSPS) is 24.2. The lowest BCUT2D eigenvalue weighted by Gasteiger charge is -2.49. The molecule has 23 heavy (non-hydrogen) atoms. The predicted octanol–water partition coefficient (Wildman–Crippen LogP) is 3.29. The van der Waals surface area contributed by atoms with Crippen molar-refractivity contribution in [2.45, 2.75) is 44.8 Å². The van der Waals surface area contributed by atoms with Crippen LogP contribution in [-0.4, -0.2) is 51.3 Å². The number of halogens is 1. The van der Waals surface area contributed by atoms with Gasteiger partial charge in [0.2, 0.25) is 0 Å². The van der Waals surface area contributed by atoms with Crippen molar-refractivity contribution in [2.24, 2.45) is 7.05 Å². The molecule has 0 aliphatic carbocycles. The van der Waals surface area contributed by atoms with Crippen molar-refractivity contribution >= 4 is 22.5 Å². The average Bonchev–Trinajstić information content (AvgIpc) is 2.81. The van der Waals surface area contributed by atoms with E-state index in [2.05, 4.69) is 22.8 Å². The largest absolute Gasteiger partial charge is 0.295 e. The van der Waals surface area contributed by atoms with Gasteiger partial charge in [-0.3, -0.25) is 14.5 Å². The molecule has 0 saturated carbocycles. The Morgan fingerprint density at radius 3 is 2.87 bits per heavy atom. The minimum Gasteiger partial charge on any atom is -0.295 e. The van der Waals surface area contributed by atoms with E-state index in [0.717, 1.165) is 53.3 Å². The van der Waals surface area contributed by atoms with Gasteiger partial charge in [-0.2, -0.15) is 5.10 Å². The van der Waals surface area contributed by atoms with Crippen molar-refractivity contribution in [2.75, 3.05) is 19.6 Å². The Bertz CT molecular complexity index is 704. The molecule has 2 aliphatic rings. The molecule has 2 aromatic rings. The van der Waals surface area contributed by atoms with Gasteiger partial charge in [0.1, 0.15) is 0 Å². The number of fused-ring (bicyclic) bond motifs is 1. The summed E-state index contributed by atoms with van der Waals surface area (Å²) in [7, 11) is 2.00. The van der Waals surface area contributed by atoms with E-state index >= 15 is 0 Å². The molecule has 0 radical (unpaired) electrons. The van der Waals surface area contributed by atoms with E-state index in [1.807, 2.05) is 23.9 Å². The van der Waals surface area contributed by atoms with E-state index in [-0.39, 0.29) is 0 Å². The highest BCUT2D eigenvalue weighted by molar-refractivity contribution is 6.35. The number of benzene rings is 1. The lowest BCUT2D eigenvalue weighted by atomic mass is 9.97. The second-order valence-electron chi connectivity index (χ2n) is 7.13. The highest BCUT2D eigenvalue weighted by Crippen LogP contribution is 2.30. The summed E-state index contributed by atoms with van der Waals surface area (Å²) in [6, 6.07) is 7.53. The zero-order chi connectivity index (χ0) is 16.0. The van der Waals surface area contributed by atoms with E-state index < -0.39 is 0 Å². The van der Waals surface area contributed by atoms with Crippen molar-refractivity contribution in [1.29, 1.82) is 0 Å². The Hall–Kier alpha value is -1.10. The fourth-order valence-electron chi connectivity index (χ4n) is 4.22. The van der Waals surface area contributed by atoms with Crippen LogP contribution in [0.15, 0.2) is 18.2 Å². The van der Waals surface area contributed by atoms with E-state index in [1.54, 1.807) is 0 Å². The number of rotatable bonds is 3. The van der Waals surface area contributed by atoms with E-state index in [0.29, 0.717) is 0 Å². The Kier molecular flexibility index (Phi) is 4.08. The second-order valence-corrected chi connectivity index (χ2v) is 7.54. The first-order valence-electron chi connectivity index (χ1n) is 8.71. The van der Waals surface area contributed by atoms with Crippen LogP contribution in [0.5, 0.6) is 0 Å². The third-order valence-electron chi connectivity index (χ3n) is 5.53. The molecule has 1 aromatic heterocycles. The van der Waals surface area contributed by atoms with Gasteiger partial charge in [-0.05, 0) is 38.4 Å². The summed E-state index contributed by atoms with van der Waals surface area (Å²) in [6.45, 7) is 6.88. The third-order valence-corrected chi connectivity index (χ3v) is 5.85. The predicted molar refractivity (Wildman–Crippen MR) is 94.8 cm³/mol. The molecule has 1 unspecified atom stereocenters. The lowest BCUT2D eigenvalue weighted by Crippen LogP contribution is -2.61. The second kappa shape index (κ2) is 6.08. The third kappa shape index (κ3) is 2.77. The molecule has 124 valence electrons. The van der Waals surface area contributed by atoms with Gasteiger partial charge in [-0.15, -0.1) is 0 Å². The highest BCUT2D eigenvalue weighted by atomic mass is 35.5. The van der Waals surface area contributed by atoms with Crippen molar-refractivity contribution in [3.05, 3.63) is 28.9 Å². The fraction of sp³-hybridized carbons (Fsp3) is 0.611. The number of hydrogen-bond donors (Lipinski definition) is 0. The highest BCUT2D eigenvalue weighted by Gasteiger charge is 2.35. The molecule has 2 fully saturated rings. The first-order chi connectivity index (χ1) is 11.1. The summed E-state index contributed by atoms with van der Waals surface area (Å²) in [4.78, 5) is 5.21. The zero-order valence-corrected chi connectivity index (χ0v) is 14.8. The molecular formula is C18H25ClN4. The van der Waals surface area contributed by atoms with Crippen LogP contribution >= 0.6 is 11.6 Å². The molecule has 0 amide bonds. The summed E-state index contributed by atoms with van der Waals surface area (Å²) in [5.74, 6) is 0. The number of hydrogen-bond acceptors (Lipinski definition) is 3. The van der Waals surface area contributed by atoms with Gasteiger partial charge in [-0.25, -0.2) is 0 Å². The van der Waals surface area contributed by atoms with Gasteiger partial charge in [0.15, 0.2) is 0 Å². The Morgan fingerprint density at radius 2 is 2.09 bits per heavy atom. The molecule has 2 saturated heterocycles. The summed E-state index contributed by atoms with van der Waals surface area (Å²) in [5.41, 5.74) is 2.23. The smallest absolute Gasteiger partial charge is 0.0858 e. The molecular weight excluding hydrogens is 308 g/mol. The van der Waals surface area contributed by atoms with Crippen molar-refractivity contribution in [3.63, 3.8) is 0 Å². The van der Waals surface area contributed by atoms with E-state index in [4.69, 9.17) is 16.7 Å². The summed E-state index contributed by atoms with van der Waals surface area (Å²) >= 11 is 6.41. The standard InChI is InChI=1S/C18H25ClN4/c1-13-6-3-4-9-23(13)14-10-22(11-14)12-16-18-15(19)7-5-8-17(18)21(2)20-16/h5,7-8,13-14H,3-4,6,9-12H2,1-2H3. The van der Waals surface area contributed by atoms with Crippen LogP contribution in [-0.2, 0) is 13.6 Å². The van der Waals surface area contributed by atoms with Gasteiger partial charge in [0, 0.05) is 44.2 Å². The molecule has 5 heteroatoms. The number of nitrogens with zero attached hydrogens (tertiary/aromatic N) is 4. The van der Waals surface area contributed by atoms with Crippen LogP contribution in [0.2, 0.25) is 5.02 Å². The van der Waals surface area contributed by atoms with Crippen molar-refractivity contribution in [3.8, 4) is 0 Å². The zero-order valence-electron chi connectivity index (χ0n) is 14.0. The maximum absolute atomic E-state index is 6.41. The molecule has 4 rings (SSSR count). The molecule has 4 nitrogen and oxygen atoms in total. The quantitative estimate of drug-likeness (QED) is 0.862. The number of aryl methyl sites for hydroxylation is 1. The summed E-state index contributed by atoms with van der Waals surface area (Å²) in [6.07, 6.45) is 4.12. The molecule has 1 aromatic carbocycles.